The molecule has 1 atom stereocenters. The topological polar surface area (TPSA) is 49.4 Å². The van der Waals surface area contributed by atoms with Gasteiger partial charge in [-0.1, -0.05) is 30.3 Å². The smallest absolute Gasteiger partial charge is 0.750 e. The Balaban J connectivity index is 0.00000144. The molecule has 5 heteroatoms. The van der Waals surface area contributed by atoms with Gasteiger partial charge in [-0.3, -0.25) is 0 Å². The molecule has 0 aromatic heterocycles. The van der Waals surface area contributed by atoms with E-state index in [2.05, 4.69) is 4.18 Å². The molecular formula is C8H9NaO3S. The largest absolute Gasteiger partial charge is 1.00 e. The Morgan fingerprint density at radius 2 is 1.92 bits per heavy atom. The van der Waals surface area contributed by atoms with Crippen LogP contribution >= 0.6 is 0 Å². The molecule has 0 heterocycles. The monoisotopic (exact) mass is 208 g/mol. The van der Waals surface area contributed by atoms with Gasteiger partial charge in [-0.25, -0.2) is 4.21 Å². The van der Waals surface area contributed by atoms with Crippen molar-refractivity contribution in [2.45, 2.75) is 6.42 Å². The van der Waals surface area contributed by atoms with Crippen molar-refractivity contribution in [1.29, 1.82) is 0 Å². The summed E-state index contributed by atoms with van der Waals surface area (Å²) in [6.45, 7) is 0.208. The van der Waals surface area contributed by atoms with E-state index in [4.69, 9.17) is 0 Å². The van der Waals surface area contributed by atoms with Crippen LogP contribution in [0.1, 0.15) is 5.56 Å². The Morgan fingerprint density at radius 1 is 1.31 bits per heavy atom. The summed E-state index contributed by atoms with van der Waals surface area (Å²) in [5, 5.41) is 0. The summed E-state index contributed by atoms with van der Waals surface area (Å²) in [4.78, 5) is 0. The molecule has 1 aromatic carbocycles. The van der Waals surface area contributed by atoms with Crippen molar-refractivity contribution >= 4 is 11.4 Å². The molecule has 0 amide bonds. The maximum absolute atomic E-state index is 9.97. The molecule has 0 fully saturated rings. The summed E-state index contributed by atoms with van der Waals surface area (Å²) in [6, 6.07) is 9.58. The van der Waals surface area contributed by atoms with Crippen LogP contribution in [0.3, 0.4) is 0 Å². The maximum Gasteiger partial charge on any atom is 1.00 e. The number of hydrogen-bond acceptors (Lipinski definition) is 3. The second kappa shape index (κ2) is 7.67. The van der Waals surface area contributed by atoms with Crippen LogP contribution in [-0.2, 0) is 22.0 Å². The van der Waals surface area contributed by atoms with Gasteiger partial charge in [0.2, 0.25) is 0 Å². The van der Waals surface area contributed by atoms with Crippen LogP contribution in [-0.4, -0.2) is 15.4 Å². The first-order chi connectivity index (χ1) is 5.79. The van der Waals surface area contributed by atoms with E-state index in [1.54, 1.807) is 0 Å². The second-order valence-corrected chi connectivity index (χ2v) is 2.91. The molecule has 13 heavy (non-hydrogen) atoms. The van der Waals surface area contributed by atoms with Crippen LogP contribution in [0.4, 0.5) is 0 Å². The Hall–Kier alpha value is 0.290. The number of benzene rings is 1. The second-order valence-electron chi connectivity index (χ2n) is 2.26. The third-order valence-corrected chi connectivity index (χ3v) is 1.77. The quantitative estimate of drug-likeness (QED) is 0.426. The van der Waals surface area contributed by atoms with Gasteiger partial charge in [0, 0.05) is 0 Å². The summed E-state index contributed by atoms with van der Waals surface area (Å²) < 4.78 is 24.3. The zero-order valence-corrected chi connectivity index (χ0v) is 10.3. The van der Waals surface area contributed by atoms with Gasteiger partial charge in [0.15, 0.2) is 0 Å². The fraction of sp³-hybridized carbons (Fsp3) is 0.250. The maximum atomic E-state index is 9.97. The third-order valence-electron chi connectivity index (χ3n) is 1.41. The van der Waals surface area contributed by atoms with Crippen molar-refractivity contribution in [3.63, 3.8) is 0 Å². The first-order valence-electron chi connectivity index (χ1n) is 3.55. The Morgan fingerprint density at radius 3 is 2.46 bits per heavy atom. The SMILES string of the molecule is O=S([O-])OCCc1ccccc1.[Na+]. The summed E-state index contributed by atoms with van der Waals surface area (Å²) in [7, 11) is 0. The molecule has 0 saturated heterocycles. The minimum atomic E-state index is -2.39. The molecule has 0 N–H and O–H groups in total. The zero-order valence-electron chi connectivity index (χ0n) is 7.43. The van der Waals surface area contributed by atoms with Crippen molar-refractivity contribution in [3.05, 3.63) is 35.9 Å². The average Bonchev–Trinajstić information content (AvgIpc) is 2.05. The van der Waals surface area contributed by atoms with E-state index in [0.717, 1.165) is 5.56 Å². The van der Waals surface area contributed by atoms with E-state index in [1.807, 2.05) is 30.3 Å². The predicted molar refractivity (Wildman–Crippen MR) is 45.0 cm³/mol. The van der Waals surface area contributed by atoms with Crippen LogP contribution in [0.15, 0.2) is 30.3 Å². The van der Waals surface area contributed by atoms with E-state index in [-0.39, 0.29) is 36.2 Å². The Labute approximate surface area is 102 Å². The minimum Gasteiger partial charge on any atom is -0.750 e. The first kappa shape index (κ1) is 13.3. The number of hydrogen-bond donors (Lipinski definition) is 0. The normalized spacial score (nSPS) is 11.8. The molecule has 0 radical (unpaired) electrons. The van der Waals surface area contributed by atoms with Gasteiger partial charge >= 0.3 is 29.6 Å². The van der Waals surface area contributed by atoms with E-state index in [9.17, 15) is 8.76 Å². The van der Waals surface area contributed by atoms with Crippen LogP contribution < -0.4 is 29.6 Å². The molecule has 0 aliphatic rings. The van der Waals surface area contributed by atoms with E-state index in [1.165, 1.54) is 0 Å². The molecule has 1 unspecified atom stereocenters. The van der Waals surface area contributed by atoms with Crippen molar-refractivity contribution in [3.8, 4) is 0 Å². The minimum absolute atomic E-state index is 0. The van der Waals surface area contributed by atoms with E-state index in [0.29, 0.717) is 6.42 Å². The van der Waals surface area contributed by atoms with E-state index < -0.39 is 11.4 Å². The van der Waals surface area contributed by atoms with Crippen molar-refractivity contribution in [2.24, 2.45) is 0 Å². The Bertz CT molecular complexity index is 253. The third kappa shape index (κ3) is 6.37. The molecule has 0 aliphatic heterocycles. The van der Waals surface area contributed by atoms with Crippen LogP contribution in [0.5, 0.6) is 0 Å². The summed E-state index contributed by atoms with van der Waals surface area (Å²) in [5.74, 6) is 0. The molecule has 0 aliphatic carbocycles. The van der Waals surface area contributed by atoms with Crippen molar-refractivity contribution in [1.82, 2.24) is 0 Å². The fourth-order valence-corrected chi connectivity index (χ4v) is 1.09. The summed E-state index contributed by atoms with van der Waals surface area (Å²) in [5.41, 5.74) is 1.07. The summed E-state index contributed by atoms with van der Waals surface area (Å²) in [6.07, 6.45) is 0.620. The van der Waals surface area contributed by atoms with Crippen LogP contribution in [0, 0.1) is 0 Å². The van der Waals surface area contributed by atoms with Crippen molar-refractivity contribution < 1.29 is 42.5 Å². The molecule has 66 valence electrons. The van der Waals surface area contributed by atoms with Crippen LogP contribution in [0.2, 0.25) is 0 Å². The van der Waals surface area contributed by atoms with Gasteiger partial charge < -0.3 is 8.74 Å². The molecule has 0 saturated carbocycles. The van der Waals surface area contributed by atoms with Gasteiger partial charge in [0.05, 0.1) is 18.0 Å². The van der Waals surface area contributed by atoms with Gasteiger partial charge in [-0.05, 0) is 12.0 Å². The van der Waals surface area contributed by atoms with Gasteiger partial charge in [0.1, 0.15) is 0 Å². The zero-order chi connectivity index (χ0) is 8.81. The predicted octanol–water partition coefficient (Wildman–Crippen LogP) is -1.96. The molecule has 0 bridgehead atoms. The molecule has 1 aromatic rings. The first-order valence-corrected chi connectivity index (χ1v) is 4.55. The van der Waals surface area contributed by atoms with Gasteiger partial charge in [-0.15, -0.1) is 0 Å². The molecule has 3 nitrogen and oxygen atoms in total. The Kier molecular flexibility index (Phi) is 7.84. The van der Waals surface area contributed by atoms with Crippen molar-refractivity contribution in [2.75, 3.05) is 6.61 Å². The number of rotatable bonds is 4. The van der Waals surface area contributed by atoms with Gasteiger partial charge in [0.25, 0.3) is 0 Å². The summed E-state index contributed by atoms with van der Waals surface area (Å²) >= 11 is -2.39. The fourth-order valence-electron chi connectivity index (χ4n) is 0.872. The molecule has 0 spiro atoms. The van der Waals surface area contributed by atoms with Gasteiger partial charge in [-0.2, -0.15) is 0 Å². The van der Waals surface area contributed by atoms with Crippen LogP contribution in [0.25, 0.3) is 0 Å². The molecule has 1 rings (SSSR count). The average molecular weight is 208 g/mol. The van der Waals surface area contributed by atoms with E-state index >= 15 is 0 Å². The molecular weight excluding hydrogens is 199 g/mol. The standard InChI is InChI=1S/C8H10O3S.Na/c9-12(10)11-7-6-8-4-2-1-3-5-8;/h1-5H,6-7H2,(H,9,10);/q;+1/p-1.